The number of nitrogens with zero attached hydrogens (tertiary/aromatic N) is 1. The van der Waals surface area contributed by atoms with Gasteiger partial charge in [0.25, 0.3) is 5.56 Å². The quantitative estimate of drug-likeness (QED) is 0.780. The molecule has 0 fully saturated rings. The fourth-order valence-corrected chi connectivity index (χ4v) is 2.36. The molecular weight excluding hydrogens is 240 g/mol. The van der Waals surface area contributed by atoms with Crippen molar-refractivity contribution in [2.24, 2.45) is 0 Å². The van der Waals surface area contributed by atoms with Gasteiger partial charge in [0.1, 0.15) is 0 Å². The molecular formula is C11H18N2O3S. The SMILES string of the molecule is CCSCCC(C)n1c(O)c(C)c(=O)[nH]c1=O. The summed E-state index contributed by atoms with van der Waals surface area (Å²) in [7, 11) is 0. The zero-order chi connectivity index (χ0) is 13.0. The van der Waals surface area contributed by atoms with Gasteiger partial charge in [0.05, 0.1) is 5.56 Å². The van der Waals surface area contributed by atoms with Crippen LogP contribution in [0.2, 0.25) is 0 Å². The Bertz CT molecular complexity index is 492. The maximum absolute atomic E-state index is 11.6. The molecule has 0 bridgehead atoms. The summed E-state index contributed by atoms with van der Waals surface area (Å²) >= 11 is 1.78. The summed E-state index contributed by atoms with van der Waals surface area (Å²) in [4.78, 5) is 25.1. The lowest BCUT2D eigenvalue weighted by molar-refractivity contribution is 0.364. The van der Waals surface area contributed by atoms with Crippen molar-refractivity contribution in [1.82, 2.24) is 9.55 Å². The van der Waals surface area contributed by atoms with Gasteiger partial charge in [-0.1, -0.05) is 6.92 Å². The number of aromatic hydroxyl groups is 1. The fraction of sp³-hybridized carbons (Fsp3) is 0.636. The summed E-state index contributed by atoms with van der Waals surface area (Å²) in [5.41, 5.74) is -0.898. The molecule has 1 rings (SSSR count). The molecule has 0 aromatic carbocycles. The first kappa shape index (κ1) is 13.9. The number of rotatable bonds is 5. The average molecular weight is 258 g/mol. The molecule has 0 radical (unpaired) electrons. The molecule has 1 aromatic rings. The maximum atomic E-state index is 11.6. The van der Waals surface area contributed by atoms with Crippen LogP contribution in [0.1, 0.15) is 31.9 Å². The summed E-state index contributed by atoms with van der Waals surface area (Å²) in [5.74, 6) is 1.72. The average Bonchev–Trinajstić information content (AvgIpc) is 2.26. The maximum Gasteiger partial charge on any atom is 0.331 e. The first-order valence-electron chi connectivity index (χ1n) is 5.61. The van der Waals surface area contributed by atoms with Gasteiger partial charge in [0.15, 0.2) is 0 Å². The van der Waals surface area contributed by atoms with E-state index in [1.165, 1.54) is 11.5 Å². The molecule has 1 heterocycles. The molecule has 0 saturated carbocycles. The Morgan fingerprint density at radius 1 is 1.47 bits per heavy atom. The van der Waals surface area contributed by atoms with E-state index in [4.69, 9.17) is 0 Å². The van der Waals surface area contributed by atoms with E-state index >= 15 is 0 Å². The molecule has 0 amide bonds. The van der Waals surface area contributed by atoms with Crippen molar-refractivity contribution in [1.29, 1.82) is 0 Å². The normalized spacial score (nSPS) is 12.6. The van der Waals surface area contributed by atoms with Crippen LogP contribution in [0, 0.1) is 6.92 Å². The minimum absolute atomic E-state index is 0.128. The molecule has 0 aliphatic carbocycles. The Morgan fingerprint density at radius 3 is 2.71 bits per heavy atom. The van der Waals surface area contributed by atoms with Crippen molar-refractivity contribution in [3.63, 3.8) is 0 Å². The third-order valence-corrected chi connectivity index (χ3v) is 3.60. The fourth-order valence-electron chi connectivity index (χ4n) is 1.57. The predicted molar refractivity (Wildman–Crippen MR) is 70.1 cm³/mol. The number of nitrogens with one attached hydrogen (secondary N) is 1. The Kier molecular flexibility index (Phi) is 4.86. The molecule has 96 valence electrons. The lowest BCUT2D eigenvalue weighted by atomic mass is 10.2. The van der Waals surface area contributed by atoms with Crippen molar-refractivity contribution in [3.8, 4) is 5.88 Å². The molecule has 0 saturated heterocycles. The summed E-state index contributed by atoms with van der Waals surface area (Å²) in [6, 6.07) is -0.128. The molecule has 0 aliphatic rings. The topological polar surface area (TPSA) is 75.1 Å². The molecule has 1 unspecified atom stereocenters. The van der Waals surface area contributed by atoms with Gasteiger partial charge in [0, 0.05) is 6.04 Å². The van der Waals surface area contributed by atoms with Crippen LogP contribution in [0.4, 0.5) is 0 Å². The summed E-state index contributed by atoms with van der Waals surface area (Å²) in [6.45, 7) is 5.43. The summed E-state index contributed by atoms with van der Waals surface area (Å²) < 4.78 is 1.24. The van der Waals surface area contributed by atoms with Crippen molar-refractivity contribution in [3.05, 3.63) is 26.4 Å². The van der Waals surface area contributed by atoms with Crippen molar-refractivity contribution >= 4 is 11.8 Å². The Morgan fingerprint density at radius 2 is 2.12 bits per heavy atom. The predicted octanol–water partition coefficient (Wildman–Crippen LogP) is 1.25. The molecule has 0 aliphatic heterocycles. The van der Waals surface area contributed by atoms with Gasteiger partial charge in [-0.05, 0) is 31.8 Å². The summed E-state index contributed by atoms with van der Waals surface area (Å²) in [6.07, 6.45) is 0.775. The molecule has 5 nitrogen and oxygen atoms in total. The monoisotopic (exact) mass is 258 g/mol. The van der Waals surface area contributed by atoms with Gasteiger partial charge in [0.2, 0.25) is 5.88 Å². The number of hydrogen-bond donors (Lipinski definition) is 2. The second-order valence-corrected chi connectivity index (χ2v) is 5.31. The third kappa shape index (κ3) is 3.15. The Balaban J connectivity index is 3.02. The van der Waals surface area contributed by atoms with Gasteiger partial charge in [-0.3, -0.25) is 14.3 Å². The van der Waals surface area contributed by atoms with Crippen LogP contribution in [0.15, 0.2) is 9.59 Å². The van der Waals surface area contributed by atoms with Gasteiger partial charge in [-0.15, -0.1) is 0 Å². The molecule has 0 spiro atoms. The number of thioether (sulfide) groups is 1. The standard InChI is InChI=1S/C11H18N2O3S/c1-4-17-6-5-7(2)13-10(15)8(3)9(14)12-11(13)16/h7,15H,4-6H2,1-3H3,(H,12,14,16). The van der Waals surface area contributed by atoms with E-state index in [-0.39, 0.29) is 17.5 Å². The van der Waals surface area contributed by atoms with Crippen LogP contribution in [0.5, 0.6) is 5.88 Å². The lowest BCUT2D eigenvalue weighted by Gasteiger charge is -2.16. The summed E-state index contributed by atoms with van der Waals surface area (Å²) in [5, 5.41) is 9.82. The number of aromatic nitrogens is 2. The molecule has 1 atom stereocenters. The number of aromatic amines is 1. The van der Waals surface area contributed by atoms with E-state index in [0.29, 0.717) is 0 Å². The van der Waals surface area contributed by atoms with Gasteiger partial charge in [-0.2, -0.15) is 11.8 Å². The molecule has 1 aromatic heterocycles. The highest BCUT2D eigenvalue weighted by Gasteiger charge is 2.15. The smallest absolute Gasteiger partial charge is 0.331 e. The van der Waals surface area contributed by atoms with Crippen molar-refractivity contribution < 1.29 is 5.11 Å². The number of hydrogen-bond acceptors (Lipinski definition) is 4. The minimum Gasteiger partial charge on any atom is -0.494 e. The zero-order valence-corrected chi connectivity index (χ0v) is 11.1. The van der Waals surface area contributed by atoms with Gasteiger partial charge in [-0.25, -0.2) is 4.79 Å². The number of H-pyrrole nitrogens is 1. The van der Waals surface area contributed by atoms with Crippen molar-refractivity contribution in [2.75, 3.05) is 11.5 Å². The van der Waals surface area contributed by atoms with E-state index < -0.39 is 11.2 Å². The first-order chi connectivity index (χ1) is 7.99. The Hall–Kier alpha value is -1.17. The van der Waals surface area contributed by atoms with E-state index in [2.05, 4.69) is 11.9 Å². The Labute approximate surface area is 104 Å². The van der Waals surface area contributed by atoms with E-state index in [0.717, 1.165) is 17.9 Å². The second-order valence-electron chi connectivity index (χ2n) is 3.91. The van der Waals surface area contributed by atoms with E-state index in [9.17, 15) is 14.7 Å². The first-order valence-corrected chi connectivity index (χ1v) is 6.76. The van der Waals surface area contributed by atoms with Crippen LogP contribution in [-0.2, 0) is 0 Å². The largest absolute Gasteiger partial charge is 0.494 e. The molecule has 6 heteroatoms. The minimum atomic E-state index is -0.549. The van der Waals surface area contributed by atoms with E-state index in [1.54, 1.807) is 11.8 Å². The third-order valence-electron chi connectivity index (χ3n) is 2.67. The van der Waals surface area contributed by atoms with Crippen molar-refractivity contribution in [2.45, 2.75) is 33.2 Å². The van der Waals surface area contributed by atoms with E-state index in [1.807, 2.05) is 6.92 Å². The van der Waals surface area contributed by atoms with Gasteiger partial charge < -0.3 is 5.11 Å². The van der Waals surface area contributed by atoms with Crippen LogP contribution in [0.3, 0.4) is 0 Å². The van der Waals surface area contributed by atoms with Crippen LogP contribution in [-0.4, -0.2) is 26.2 Å². The highest BCUT2D eigenvalue weighted by molar-refractivity contribution is 7.99. The van der Waals surface area contributed by atoms with Crippen LogP contribution in [0.25, 0.3) is 0 Å². The zero-order valence-electron chi connectivity index (χ0n) is 10.3. The van der Waals surface area contributed by atoms with Crippen LogP contribution >= 0.6 is 11.8 Å². The highest BCUT2D eigenvalue weighted by atomic mass is 32.2. The lowest BCUT2D eigenvalue weighted by Crippen LogP contribution is -2.33. The van der Waals surface area contributed by atoms with Gasteiger partial charge >= 0.3 is 5.69 Å². The highest BCUT2D eigenvalue weighted by Crippen LogP contribution is 2.19. The molecule has 17 heavy (non-hydrogen) atoms. The molecule has 2 N–H and O–H groups in total. The second kappa shape index (κ2) is 5.95. The van der Waals surface area contributed by atoms with Crippen LogP contribution < -0.4 is 11.2 Å².